The van der Waals surface area contributed by atoms with Gasteiger partial charge in [-0.2, -0.15) is 0 Å². The van der Waals surface area contributed by atoms with E-state index in [0.717, 1.165) is 30.6 Å². The van der Waals surface area contributed by atoms with Crippen molar-refractivity contribution in [2.75, 3.05) is 19.6 Å². The molecule has 1 amide bonds. The normalized spacial score (nSPS) is 22.9. The summed E-state index contributed by atoms with van der Waals surface area (Å²) < 4.78 is 1.17. The molecule has 1 aromatic carbocycles. The Labute approximate surface area is 123 Å². The molecule has 3 nitrogen and oxygen atoms in total. The van der Waals surface area contributed by atoms with E-state index in [9.17, 15) is 4.79 Å². The Hall–Kier alpha value is -1.39. The van der Waals surface area contributed by atoms with Crippen LogP contribution < -0.4 is 10.6 Å². The molecule has 2 heterocycles. The summed E-state index contributed by atoms with van der Waals surface area (Å²) in [6.07, 6.45) is 2.36. The molecule has 1 aliphatic rings. The Balaban J connectivity index is 1.70. The Bertz CT molecular complexity index is 614. The monoisotopic (exact) mass is 288 g/mol. The second-order valence-electron chi connectivity index (χ2n) is 5.92. The standard InChI is InChI=1S/C16H20N2OS/c1-16(7-4-8-17-10-16)11-18-15(19)13-9-20-14-6-3-2-5-12(13)14/h2-3,5-6,9,17H,4,7-8,10-11H2,1H3,(H,18,19). The van der Waals surface area contributed by atoms with Gasteiger partial charge in [0.25, 0.3) is 5.91 Å². The SMILES string of the molecule is CC1(CNC(=O)c2csc3ccccc23)CCCNC1. The number of carbonyl (C=O) groups excluding carboxylic acids is 1. The molecule has 0 spiro atoms. The topological polar surface area (TPSA) is 41.1 Å². The summed E-state index contributed by atoms with van der Waals surface area (Å²) in [6.45, 7) is 5.06. The minimum absolute atomic E-state index is 0.0502. The first kappa shape index (κ1) is 13.6. The molecule has 1 fully saturated rings. The molecule has 1 aromatic heterocycles. The number of nitrogens with one attached hydrogen (secondary N) is 2. The average Bonchev–Trinajstić information content (AvgIpc) is 2.90. The highest BCUT2D eigenvalue weighted by Crippen LogP contribution is 2.27. The van der Waals surface area contributed by atoms with E-state index in [1.54, 1.807) is 11.3 Å². The fraction of sp³-hybridized carbons (Fsp3) is 0.438. The summed E-state index contributed by atoms with van der Waals surface area (Å²) in [5, 5.41) is 9.55. The third-order valence-electron chi connectivity index (χ3n) is 4.09. The number of fused-ring (bicyclic) bond motifs is 1. The highest BCUT2D eigenvalue weighted by atomic mass is 32.1. The Morgan fingerprint density at radius 3 is 3.10 bits per heavy atom. The number of hydrogen-bond donors (Lipinski definition) is 2. The number of benzene rings is 1. The zero-order chi connectivity index (χ0) is 14.0. The summed E-state index contributed by atoms with van der Waals surface area (Å²) in [5.41, 5.74) is 0.984. The zero-order valence-electron chi connectivity index (χ0n) is 11.7. The lowest BCUT2D eigenvalue weighted by molar-refractivity contribution is 0.0926. The molecule has 1 unspecified atom stereocenters. The molecule has 1 atom stereocenters. The number of thiophene rings is 1. The molecule has 2 N–H and O–H groups in total. The van der Waals surface area contributed by atoms with Gasteiger partial charge in [-0.05, 0) is 30.9 Å². The molecular formula is C16H20N2OS. The molecule has 0 aliphatic carbocycles. The quantitative estimate of drug-likeness (QED) is 0.911. The fourth-order valence-corrected chi connectivity index (χ4v) is 3.75. The van der Waals surface area contributed by atoms with E-state index in [0.29, 0.717) is 0 Å². The average molecular weight is 288 g/mol. The third-order valence-corrected chi connectivity index (χ3v) is 5.05. The minimum atomic E-state index is 0.0502. The van der Waals surface area contributed by atoms with E-state index in [1.165, 1.54) is 17.5 Å². The maximum Gasteiger partial charge on any atom is 0.252 e. The van der Waals surface area contributed by atoms with E-state index < -0.39 is 0 Å². The maximum absolute atomic E-state index is 12.4. The number of carbonyl (C=O) groups is 1. The van der Waals surface area contributed by atoms with Crippen LogP contribution in [0.15, 0.2) is 29.6 Å². The second-order valence-corrected chi connectivity index (χ2v) is 6.83. The highest BCUT2D eigenvalue weighted by Gasteiger charge is 2.27. The van der Waals surface area contributed by atoms with Crippen LogP contribution in [-0.4, -0.2) is 25.5 Å². The van der Waals surface area contributed by atoms with Crippen molar-refractivity contribution in [1.82, 2.24) is 10.6 Å². The number of amides is 1. The van der Waals surface area contributed by atoms with Crippen LogP contribution in [-0.2, 0) is 0 Å². The lowest BCUT2D eigenvalue weighted by Crippen LogP contribution is -2.45. The molecular weight excluding hydrogens is 268 g/mol. The van der Waals surface area contributed by atoms with Crippen LogP contribution in [0.1, 0.15) is 30.1 Å². The molecule has 0 bridgehead atoms. The fourth-order valence-electron chi connectivity index (χ4n) is 2.81. The van der Waals surface area contributed by atoms with Gasteiger partial charge in [-0.3, -0.25) is 4.79 Å². The molecule has 4 heteroatoms. The van der Waals surface area contributed by atoms with Crippen LogP contribution in [0.3, 0.4) is 0 Å². The predicted molar refractivity (Wildman–Crippen MR) is 84.4 cm³/mol. The van der Waals surface area contributed by atoms with Crippen molar-refractivity contribution in [2.45, 2.75) is 19.8 Å². The van der Waals surface area contributed by atoms with Crippen LogP contribution in [0.2, 0.25) is 0 Å². The summed E-state index contributed by atoms with van der Waals surface area (Å²) in [7, 11) is 0. The minimum Gasteiger partial charge on any atom is -0.351 e. The third kappa shape index (κ3) is 2.72. The van der Waals surface area contributed by atoms with Gasteiger partial charge in [0.2, 0.25) is 0 Å². The molecule has 3 rings (SSSR count). The van der Waals surface area contributed by atoms with Crippen LogP contribution in [0.4, 0.5) is 0 Å². The van der Waals surface area contributed by atoms with Gasteiger partial charge in [0.15, 0.2) is 0 Å². The van der Waals surface area contributed by atoms with Gasteiger partial charge in [-0.25, -0.2) is 0 Å². The van der Waals surface area contributed by atoms with Crippen LogP contribution in [0.25, 0.3) is 10.1 Å². The van der Waals surface area contributed by atoms with Crippen LogP contribution >= 0.6 is 11.3 Å². The molecule has 106 valence electrons. The first-order valence-electron chi connectivity index (χ1n) is 7.13. The lowest BCUT2D eigenvalue weighted by Gasteiger charge is -2.34. The van der Waals surface area contributed by atoms with Gasteiger partial charge in [0.05, 0.1) is 5.56 Å². The lowest BCUT2D eigenvalue weighted by atomic mass is 9.83. The van der Waals surface area contributed by atoms with E-state index in [4.69, 9.17) is 0 Å². The van der Waals surface area contributed by atoms with E-state index in [1.807, 2.05) is 23.6 Å². The molecule has 0 radical (unpaired) electrons. The largest absolute Gasteiger partial charge is 0.351 e. The van der Waals surface area contributed by atoms with Crippen molar-refractivity contribution in [1.29, 1.82) is 0 Å². The highest BCUT2D eigenvalue weighted by molar-refractivity contribution is 7.17. The van der Waals surface area contributed by atoms with Crippen molar-refractivity contribution in [2.24, 2.45) is 5.41 Å². The predicted octanol–water partition coefficient (Wildman–Crippen LogP) is 3.02. The van der Waals surface area contributed by atoms with Crippen molar-refractivity contribution >= 4 is 27.3 Å². The van der Waals surface area contributed by atoms with Crippen LogP contribution in [0.5, 0.6) is 0 Å². The summed E-state index contributed by atoms with van der Waals surface area (Å²) in [4.78, 5) is 12.4. The van der Waals surface area contributed by atoms with Crippen molar-refractivity contribution in [3.05, 3.63) is 35.2 Å². The van der Waals surface area contributed by atoms with Crippen molar-refractivity contribution in [3.63, 3.8) is 0 Å². The Morgan fingerprint density at radius 2 is 2.30 bits per heavy atom. The number of piperidine rings is 1. The molecule has 0 saturated carbocycles. The maximum atomic E-state index is 12.4. The smallest absolute Gasteiger partial charge is 0.252 e. The zero-order valence-corrected chi connectivity index (χ0v) is 12.6. The van der Waals surface area contributed by atoms with Gasteiger partial charge < -0.3 is 10.6 Å². The van der Waals surface area contributed by atoms with E-state index in [-0.39, 0.29) is 11.3 Å². The number of hydrogen-bond acceptors (Lipinski definition) is 3. The first-order valence-corrected chi connectivity index (χ1v) is 8.01. The summed E-state index contributed by atoms with van der Waals surface area (Å²) in [5.74, 6) is 0.0502. The first-order chi connectivity index (χ1) is 9.68. The van der Waals surface area contributed by atoms with Crippen molar-refractivity contribution < 1.29 is 4.79 Å². The van der Waals surface area contributed by atoms with Gasteiger partial charge in [0.1, 0.15) is 0 Å². The van der Waals surface area contributed by atoms with Crippen LogP contribution in [0, 0.1) is 5.41 Å². The van der Waals surface area contributed by atoms with E-state index in [2.05, 4.69) is 23.6 Å². The van der Waals surface area contributed by atoms with Gasteiger partial charge in [0, 0.05) is 28.6 Å². The van der Waals surface area contributed by atoms with Gasteiger partial charge in [-0.1, -0.05) is 25.1 Å². The molecule has 2 aromatic rings. The molecule has 20 heavy (non-hydrogen) atoms. The van der Waals surface area contributed by atoms with Gasteiger partial charge >= 0.3 is 0 Å². The Kier molecular flexibility index (Phi) is 3.76. The summed E-state index contributed by atoms with van der Waals surface area (Å²) in [6, 6.07) is 8.07. The number of rotatable bonds is 3. The summed E-state index contributed by atoms with van der Waals surface area (Å²) >= 11 is 1.63. The van der Waals surface area contributed by atoms with Gasteiger partial charge in [-0.15, -0.1) is 11.3 Å². The Morgan fingerprint density at radius 1 is 1.45 bits per heavy atom. The van der Waals surface area contributed by atoms with E-state index >= 15 is 0 Å². The molecule has 1 saturated heterocycles. The molecule has 1 aliphatic heterocycles. The second kappa shape index (κ2) is 5.54. The van der Waals surface area contributed by atoms with Crippen molar-refractivity contribution in [3.8, 4) is 0 Å².